The number of carbonyl (C=O) groups excluding carboxylic acids is 1. The van der Waals surface area contributed by atoms with Gasteiger partial charge in [0.25, 0.3) is 0 Å². The molecule has 0 spiro atoms. The number of benzene rings is 2. The molecule has 0 radical (unpaired) electrons. The summed E-state index contributed by atoms with van der Waals surface area (Å²) < 4.78 is 0. The highest BCUT2D eigenvalue weighted by molar-refractivity contribution is 5.93. The van der Waals surface area contributed by atoms with Crippen LogP contribution in [0.25, 0.3) is 6.08 Å². The van der Waals surface area contributed by atoms with Crippen LogP contribution in [0.1, 0.15) is 12.5 Å². The summed E-state index contributed by atoms with van der Waals surface area (Å²) in [4.78, 5) is 12.0. The molecular formula is C17H17NO. The summed E-state index contributed by atoms with van der Waals surface area (Å²) in [6.45, 7) is 1.89. The molecule has 1 amide bonds. The quantitative estimate of drug-likeness (QED) is 0.875. The molecule has 2 nitrogen and oxygen atoms in total. The molecule has 0 saturated heterocycles. The molecule has 2 aromatic carbocycles. The number of carbonyl (C=O) groups is 1. The van der Waals surface area contributed by atoms with E-state index in [0.29, 0.717) is 0 Å². The number of rotatable bonds is 4. The van der Waals surface area contributed by atoms with Crippen molar-refractivity contribution < 1.29 is 4.79 Å². The third-order valence-electron chi connectivity index (χ3n) is 2.83. The Bertz CT molecular complexity index is 546. The van der Waals surface area contributed by atoms with Crippen molar-refractivity contribution in [3.8, 4) is 0 Å². The van der Waals surface area contributed by atoms with E-state index in [2.05, 4.69) is 5.32 Å². The second-order valence-electron chi connectivity index (χ2n) is 4.41. The zero-order valence-electron chi connectivity index (χ0n) is 10.9. The van der Waals surface area contributed by atoms with Crippen molar-refractivity contribution in [2.45, 2.75) is 6.92 Å². The van der Waals surface area contributed by atoms with Crippen LogP contribution in [0.4, 0.5) is 5.69 Å². The minimum absolute atomic E-state index is 0.00150. The van der Waals surface area contributed by atoms with E-state index in [1.54, 1.807) is 0 Å². The normalized spacial score (nSPS) is 12.3. The lowest BCUT2D eigenvalue weighted by Crippen LogP contribution is -2.18. The van der Waals surface area contributed by atoms with Gasteiger partial charge in [-0.15, -0.1) is 0 Å². The standard InChI is InChI=1S/C17H17NO/c1-14(12-13-15-8-4-2-5-9-15)17(19)18-16-10-6-3-7-11-16/h2-14H,1H3,(H,18,19)/b13-12+. The zero-order chi connectivity index (χ0) is 13.5. The Morgan fingerprint density at radius 3 is 2.21 bits per heavy atom. The van der Waals surface area contributed by atoms with Gasteiger partial charge in [0, 0.05) is 5.69 Å². The highest BCUT2D eigenvalue weighted by atomic mass is 16.1. The smallest absolute Gasteiger partial charge is 0.231 e. The molecule has 0 saturated carbocycles. The van der Waals surface area contributed by atoms with Crippen molar-refractivity contribution in [1.82, 2.24) is 0 Å². The molecular weight excluding hydrogens is 234 g/mol. The van der Waals surface area contributed by atoms with E-state index in [4.69, 9.17) is 0 Å². The van der Waals surface area contributed by atoms with Crippen molar-refractivity contribution in [2.75, 3.05) is 5.32 Å². The number of hydrogen-bond donors (Lipinski definition) is 1. The van der Waals surface area contributed by atoms with Gasteiger partial charge in [-0.2, -0.15) is 0 Å². The van der Waals surface area contributed by atoms with E-state index in [-0.39, 0.29) is 11.8 Å². The minimum Gasteiger partial charge on any atom is -0.326 e. The summed E-state index contributed by atoms with van der Waals surface area (Å²) in [5, 5.41) is 2.89. The van der Waals surface area contributed by atoms with Gasteiger partial charge in [0.1, 0.15) is 0 Å². The van der Waals surface area contributed by atoms with E-state index in [9.17, 15) is 4.79 Å². The minimum atomic E-state index is -0.166. The Morgan fingerprint density at radius 2 is 1.58 bits per heavy atom. The molecule has 1 unspecified atom stereocenters. The molecule has 2 rings (SSSR count). The Hall–Kier alpha value is -2.35. The molecule has 0 aliphatic carbocycles. The van der Waals surface area contributed by atoms with Gasteiger partial charge in [0.15, 0.2) is 0 Å². The van der Waals surface area contributed by atoms with Crippen LogP contribution in [0.15, 0.2) is 66.7 Å². The first kappa shape index (κ1) is 13.1. The van der Waals surface area contributed by atoms with Gasteiger partial charge in [-0.1, -0.05) is 67.6 Å². The van der Waals surface area contributed by atoms with Gasteiger partial charge in [0.2, 0.25) is 5.91 Å². The van der Waals surface area contributed by atoms with Crippen LogP contribution in [-0.4, -0.2) is 5.91 Å². The van der Waals surface area contributed by atoms with Crippen molar-refractivity contribution in [3.63, 3.8) is 0 Å². The molecule has 19 heavy (non-hydrogen) atoms. The van der Waals surface area contributed by atoms with Gasteiger partial charge < -0.3 is 5.32 Å². The maximum absolute atomic E-state index is 12.0. The van der Waals surface area contributed by atoms with Crippen LogP contribution >= 0.6 is 0 Å². The number of nitrogens with one attached hydrogen (secondary N) is 1. The van der Waals surface area contributed by atoms with E-state index in [1.165, 1.54) is 0 Å². The molecule has 0 bridgehead atoms. The van der Waals surface area contributed by atoms with Crippen LogP contribution in [0.5, 0.6) is 0 Å². The molecule has 0 heterocycles. The summed E-state index contributed by atoms with van der Waals surface area (Å²) in [6.07, 6.45) is 3.88. The Balaban J connectivity index is 1.95. The average Bonchev–Trinajstić information content (AvgIpc) is 2.47. The fraction of sp³-hybridized carbons (Fsp3) is 0.118. The molecule has 96 valence electrons. The maximum Gasteiger partial charge on any atom is 0.231 e. The number of para-hydroxylation sites is 1. The summed E-state index contributed by atoms with van der Waals surface area (Å²) in [7, 11) is 0. The molecule has 0 aromatic heterocycles. The van der Waals surface area contributed by atoms with E-state index < -0.39 is 0 Å². The molecule has 2 heteroatoms. The monoisotopic (exact) mass is 251 g/mol. The molecule has 1 N–H and O–H groups in total. The fourth-order valence-electron chi connectivity index (χ4n) is 1.68. The summed E-state index contributed by atoms with van der Waals surface area (Å²) in [6, 6.07) is 19.5. The van der Waals surface area contributed by atoms with E-state index in [1.807, 2.05) is 79.7 Å². The first-order chi connectivity index (χ1) is 9.25. The number of anilines is 1. The molecule has 0 aliphatic heterocycles. The number of hydrogen-bond acceptors (Lipinski definition) is 1. The van der Waals surface area contributed by atoms with Gasteiger partial charge >= 0.3 is 0 Å². The maximum atomic E-state index is 12.0. The predicted octanol–water partition coefficient (Wildman–Crippen LogP) is 3.97. The molecule has 0 aliphatic rings. The molecule has 2 aromatic rings. The summed E-state index contributed by atoms with van der Waals surface area (Å²) >= 11 is 0. The second kappa shape index (κ2) is 6.55. The third kappa shape index (κ3) is 4.11. The van der Waals surface area contributed by atoms with Crippen LogP contribution in [-0.2, 0) is 4.79 Å². The lowest BCUT2D eigenvalue weighted by atomic mass is 10.1. The highest BCUT2D eigenvalue weighted by Gasteiger charge is 2.08. The molecule has 1 atom stereocenters. The topological polar surface area (TPSA) is 29.1 Å². The molecule has 0 fully saturated rings. The van der Waals surface area contributed by atoms with Crippen LogP contribution in [0.3, 0.4) is 0 Å². The fourth-order valence-corrected chi connectivity index (χ4v) is 1.68. The summed E-state index contributed by atoms with van der Waals surface area (Å²) in [5.74, 6) is -0.168. The van der Waals surface area contributed by atoms with Crippen molar-refractivity contribution in [1.29, 1.82) is 0 Å². The van der Waals surface area contributed by atoms with Gasteiger partial charge in [0.05, 0.1) is 5.92 Å². The van der Waals surface area contributed by atoms with Crippen molar-refractivity contribution in [3.05, 3.63) is 72.3 Å². The van der Waals surface area contributed by atoms with E-state index in [0.717, 1.165) is 11.3 Å². The van der Waals surface area contributed by atoms with Gasteiger partial charge in [-0.05, 0) is 17.7 Å². The second-order valence-corrected chi connectivity index (χ2v) is 4.41. The van der Waals surface area contributed by atoms with Crippen LogP contribution < -0.4 is 5.32 Å². The third-order valence-corrected chi connectivity index (χ3v) is 2.83. The first-order valence-electron chi connectivity index (χ1n) is 6.35. The lowest BCUT2D eigenvalue weighted by molar-refractivity contribution is -0.118. The zero-order valence-corrected chi connectivity index (χ0v) is 10.9. The Kier molecular flexibility index (Phi) is 4.51. The predicted molar refractivity (Wildman–Crippen MR) is 79.7 cm³/mol. The Morgan fingerprint density at radius 1 is 1.00 bits per heavy atom. The lowest BCUT2D eigenvalue weighted by Gasteiger charge is -2.08. The summed E-state index contributed by atoms with van der Waals surface area (Å²) in [5.41, 5.74) is 1.93. The van der Waals surface area contributed by atoms with Gasteiger partial charge in [-0.3, -0.25) is 4.79 Å². The number of amides is 1. The average molecular weight is 251 g/mol. The SMILES string of the molecule is CC(/C=C/c1ccccc1)C(=O)Nc1ccccc1. The largest absolute Gasteiger partial charge is 0.326 e. The Labute approximate surface area is 113 Å². The van der Waals surface area contributed by atoms with Crippen LogP contribution in [0.2, 0.25) is 0 Å². The van der Waals surface area contributed by atoms with Crippen LogP contribution in [0, 0.1) is 5.92 Å². The van der Waals surface area contributed by atoms with Gasteiger partial charge in [-0.25, -0.2) is 0 Å². The van der Waals surface area contributed by atoms with Crippen molar-refractivity contribution >= 4 is 17.7 Å². The van der Waals surface area contributed by atoms with E-state index >= 15 is 0 Å². The van der Waals surface area contributed by atoms with Crippen molar-refractivity contribution in [2.24, 2.45) is 5.92 Å². The first-order valence-corrected chi connectivity index (χ1v) is 6.35. The highest BCUT2D eigenvalue weighted by Crippen LogP contribution is 2.10.